The molecule has 1 amide bonds. The maximum Gasteiger partial charge on any atom is 0.247 e. The first-order valence-electron chi connectivity index (χ1n) is 7.79. The SMILES string of the molecule is O=C(CCc1nc(-c2ccsc2)no1)Nc1cccc(-c2nnco2)c1. The summed E-state index contributed by atoms with van der Waals surface area (Å²) in [5.41, 5.74) is 2.29. The summed E-state index contributed by atoms with van der Waals surface area (Å²) in [5, 5.41) is 18.1. The molecule has 0 fully saturated rings. The Hall–Kier alpha value is -3.33. The summed E-state index contributed by atoms with van der Waals surface area (Å²) in [6.07, 6.45) is 1.86. The Balaban J connectivity index is 1.35. The Bertz CT molecular complexity index is 995. The van der Waals surface area contributed by atoms with E-state index in [1.807, 2.05) is 22.9 Å². The van der Waals surface area contributed by atoms with E-state index in [-0.39, 0.29) is 12.3 Å². The zero-order valence-corrected chi connectivity index (χ0v) is 14.3. The third kappa shape index (κ3) is 3.67. The van der Waals surface area contributed by atoms with E-state index < -0.39 is 0 Å². The van der Waals surface area contributed by atoms with Gasteiger partial charge in [-0.1, -0.05) is 11.2 Å². The summed E-state index contributed by atoms with van der Waals surface area (Å²) in [6, 6.07) is 9.11. The highest BCUT2D eigenvalue weighted by atomic mass is 32.1. The molecule has 0 bridgehead atoms. The maximum absolute atomic E-state index is 12.2. The van der Waals surface area contributed by atoms with E-state index in [9.17, 15) is 4.79 Å². The number of thiophene rings is 1. The Labute approximate surface area is 151 Å². The number of aromatic nitrogens is 4. The standard InChI is InChI=1S/C17H13N5O3S/c23-14(4-5-15-20-16(22-25-15)12-6-7-26-9-12)19-13-3-1-2-11(8-13)17-21-18-10-24-17/h1-3,6-10H,4-5H2,(H,19,23). The van der Waals surface area contributed by atoms with Crippen LogP contribution >= 0.6 is 11.3 Å². The smallest absolute Gasteiger partial charge is 0.247 e. The summed E-state index contributed by atoms with van der Waals surface area (Å²) in [4.78, 5) is 16.5. The third-order valence-corrected chi connectivity index (χ3v) is 4.25. The lowest BCUT2D eigenvalue weighted by atomic mass is 10.2. The van der Waals surface area contributed by atoms with Crippen LogP contribution in [0.15, 0.2) is 56.4 Å². The second kappa shape index (κ2) is 7.28. The number of benzene rings is 1. The molecule has 26 heavy (non-hydrogen) atoms. The van der Waals surface area contributed by atoms with Gasteiger partial charge >= 0.3 is 0 Å². The monoisotopic (exact) mass is 367 g/mol. The number of hydrogen-bond donors (Lipinski definition) is 1. The molecule has 0 atom stereocenters. The average molecular weight is 367 g/mol. The fourth-order valence-corrected chi connectivity index (χ4v) is 2.97. The first-order chi connectivity index (χ1) is 12.8. The summed E-state index contributed by atoms with van der Waals surface area (Å²) >= 11 is 1.56. The van der Waals surface area contributed by atoms with Gasteiger partial charge in [0.1, 0.15) is 0 Å². The number of rotatable bonds is 6. The van der Waals surface area contributed by atoms with Gasteiger partial charge in [0.2, 0.25) is 29.9 Å². The Morgan fingerprint density at radius 1 is 1.23 bits per heavy atom. The molecule has 0 aliphatic carbocycles. The molecule has 0 saturated carbocycles. The minimum atomic E-state index is -0.150. The van der Waals surface area contributed by atoms with Crippen LogP contribution in [0.2, 0.25) is 0 Å². The van der Waals surface area contributed by atoms with Gasteiger partial charge in [0.05, 0.1) is 0 Å². The van der Waals surface area contributed by atoms with Crippen molar-refractivity contribution < 1.29 is 13.7 Å². The largest absolute Gasteiger partial charge is 0.423 e. The second-order valence-corrected chi connectivity index (χ2v) is 6.18. The van der Waals surface area contributed by atoms with Gasteiger partial charge in [-0.15, -0.1) is 10.2 Å². The lowest BCUT2D eigenvalue weighted by molar-refractivity contribution is -0.116. The van der Waals surface area contributed by atoms with Gasteiger partial charge in [0, 0.05) is 35.0 Å². The second-order valence-electron chi connectivity index (χ2n) is 5.40. The molecule has 3 heterocycles. The van der Waals surface area contributed by atoms with E-state index in [1.165, 1.54) is 6.39 Å². The van der Waals surface area contributed by atoms with Crippen molar-refractivity contribution in [2.45, 2.75) is 12.8 Å². The molecule has 9 heteroatoms. The van der Waals surface area contributed by atoms with Gasteiger partial charge in [-0.3, -0.25) is 4.79 Å². The molecule has 3 aromatic heterocycles. The van der Waals surface area contributed by atoms with Crippen molar-refractivity contribution >= 4 is 22.9 Å². The normalized spacial score (nSPS) is 10.8. The van der Waals surface area contributed by atoms with E-state index >= 15 is 0 Å². The molecule has 4 rings (SSSR count). The lowest BCUT2D eigenvalue weighted by Gasteiger charge is -2.05. The summed E-state index contributed by atoms with van der Waals surface area (Å²) in [5.74, 6) is 1.21. The number of carbonyl (C=O) groups excluding carboxylic acids is 1. The number of nitrogens with zero attached hydrogens (tertiary/aromatic N) is 4. The molecule has 130 valence electrons. The van der Waals surface area contributed by atoms with Crippen molar-refractivity contribution in [1.29, 1.82) is 0 Å². The van der Waals surface area contributed by atoms with Crippen molar-refractivity contribution in [1.82, 2.24) is 20.3 Å². The molecule has 4 aromatic rings. The van der Waals surface area contributed by atoms with Gasteiger partial charge in [-0.05, 0) is 29.6 Å². The topological polar surface area (TPSA) is 107 Å². The van der Waals surface area contributed by atoms with Crippen molar-refractivity contribution in [3.05, 3.63) is 53.4 Å². The molecular formula is C17H13N5O3S. The fraction of sp³-hybridized carbons (Fsp3) is 0.118. The molecule has 8 nitrogen and oxygen atoms in total. The predicted molar refractivity (Wildman–Crippen MR) is 94.3 cm³/mol. The molecule has 1 aromatic carbocycles. The molecular weight excluding hydrogens is 354 g/mol. The number of hydrogen-bond acceptors (Lipinski definition) is 8. The van der Waals surface area contributed by atoms with Gasteiger partial charge < -0.3 is 14.3 Å². The van der Waals surface area contributed by atoms with Gasteiger partial charge in [0.15, 0.2) is 0 Å². The number of amides is 1. The van der Waals surface area contributed by atoms with Crippen LogP contribution < -0.4 is 5.32 Å². The van der Waals surface area contributed by atoms with Gasteiger partial charge in [0.25, 0.3) is 0 Å². The zero-order valence-electron chi connectivity index (χ0n) is 13.5. The number of anilines is 1. The highest BCUT2D eigenvalue weighted by Crippen LogP contribution is 2.21. The molecule has 0 aliphatic rings. The quantitative estimate of drug-likeness (QED) is 0.556. The fourth-order valence-electron chi connectivity index (χ4n) is 2.34. The molecule has 0 aliphatic heterocycles. The van der Waals surface area contributed by atoms with Crippen molar-refractivity contribution in [2.24, 2.45) is 0 Å². The minimum Gasteiger partial charge on any atom is -0.423 e. The Kier molecular flexibility index (Phi) is 4.52. The Morgan fingerprint density at radius 3 is 3.00 bits per heavy atom. The van der Waals surface area contributed by atoms with E-state index in [2.05, 4.69) is 25.7 Å². The van der Waals surface area contributed by atoms with Gasteiger partial charge in [-0.25, -0.2) is 0 Å². The zero-order chi connectivity index (χ0) is 17.8. The number of carbonyl (C=O) groups is 1. The van der Waals surface area contributed by atoms with Crippen LogP contribution in [0.25, 0.3) is 22.8 Å². The van der Waals surface area contributed by atoms with Gasteiger partial charge in [-0.2, -0.15) is 16.3 Å². The van der Waals surface area contributed by atoms with Crippen LogP contribution in [0.5, 0.6) is 0 Å². The van der Waals surface area contributed by atoms with E-state index in [1.54, 1.807) is 29.5 Å². The number of aryl methyl sites for hydroxylation is 1. The van der Waals surface area contributed by atoms with E-state index in [0.29, 0.717) is 29.7 Å². The molecule has 1 N–H and O–H groups in total. The third-order valence-electron chi connectivity index (χ3n) is 3.57. The predicted octanol–water partition coefficient (Wildman–Crippen LogP) is 3.42. The highest BCUT2D eigenvalue weighted by molar-refractivity contribution is 7.08. The average Bonchev–Trinajstić information content (AvgIpc) is 3.42. The van der Waals surface area contributed by atoms with Crippen LogP contribution in [0.4, 0.5) is 5.69 Å². The van der Waals surface area contributed by atoms with E-state index in [0.717, 1.165) is 11.1 Å². The molecule has 0 unspecified atom stereocenters. The molecule has 0 saturated heterocycles. The summed E-state index contributed by atoms with van der Waals surface area (Å²) < 4.78 is 10.3. The van der Waals surface area contributed by atoms with Crippen molar-refractivity contribution in [3.8, 4) is 22.8 Å². The summed E-state index contributed by atoms with van der Waals surface area (Å²) in [6.45, 7) is 0. The summed E-state index contributed by atoms with van der Waals surface area (Å²) in [7, 11) is 0. The van der Waals surface area contributed by atoms with Crippen molar-refractivity contribution in [2.75, 3.05) is 5.32 Å². The number of nitrogens with one attached hydrogen (secondary N) is 1. The Morgan fingerprint density at radius 2 is 2.19 bits per heavy atom. The van der Waals surface area contributed by atoms with Crippen molar-refractivity contribution in [3.63, 3.8) is 0 Å². The minimum absolute atomic E-state index is 0.150. The van der Waals surface area contributed by atoms with Crippen LogP contribution in [-0.2, 0) is 11.2 Å². The van der Waals surface area contributed by atoms with Crippen LogP contribution in [0.3, 0.4) is 0 Å². The van der Waals surface area contributed by atoms with Crippen LogP contribution in [0, 0.1) is 0 Å². The maximum atomic E-state index is 12.2. The van der Waals surface area contributed by atoms with Crippen LogP contribution in [-0.4, -0.2) is 26.2 Å². The molecule has 0 radical (unpaired) electrons. The van der Waals surface area contributed by atoms with Crippen LogP contribution in [0.1, 0.15) is 12.3 Å². The first kappa shape index (κ1) is 16.2. The lowest BCUT2D eigenvalue weighted by Crippen LogP contribution is -2.12. The first-order valence-corrected chi connectivity index (χ1v) is 8.74. The van der Waals surface area contributed by atoms with E-state index in [4.69, 9.17) is 8.94 Å². The molecule has 0 spiro atoms. The highest BCUT2D eigenvalue weighted by Gasteiger charge is 2.12.